The van der Waals surface area contributed by atoms with Crippen LogP contribution < -0.4 is 16.2 Å². The molecule has 1 aromatic carbocycles. The van der Waals surface area contributed by atoms with E-state index < -0.39 is 11.8 Å². The molecule has 3 amide bonds. The van der Waals surface area contributed by atoms with E-state index in [9.17, 15) is 14.4 Å². The van der Waals surface area contributed by atoms with E-state index in [1.54, 1.807) is 49.5 Å². The number of carbonyl (C=O) groups is 3. The third kappa shape index (κ3) is 6.59. The predicted molar refractivity (Wildman–Crippen MR) is 98.0 cm³/mol. The summed E-state index contributed by atoms with van der Waals surface area (Å²) < 4.78 is 0. The Morgan fingerprint density at radius 3 is 2.41 bits per heavy atom. The second-order valence-electron chi connectivity index (χ2n) is 5.99. The Kier molecular flexibility index (Phi) is 7.02. The summed E-state index contributed by atoms with van der Waals surface area (Å²) in [6.07, 6.45) is 3.15. The van der Waals surface area contributed by atoms with Crippen molar-refractivity contribution in [3.8, 4) is 6.07 Å². The Morgan fingerprint density at radius 2 is 1.78 bits per heavy atom. The third-order valence-corrected chi connectivity index (χ3v) is 3.60. The summed E-state index contributed by atoms with van der Waals surface area (Å²) in [5, 5.41) is 11.5. The number of amides is 3. The van der Waals surface area contributed by atoms with E-state index in [1.165, 1.54) is 6.20 Å². The minimum absolute atomic E-state index is 0.0775. The molecule has 8 heteroatoms. The summed E-state index contributed by atoms with van der Waals surface area (Å²) in [5.41, 5.74) is 6.04. The first kappa shape index (κ1) is 19.6. The van der Waals surface area contributed by atoms with Gasteiger partial charge in [0.15, 0.2) is 0 Å². The topological polar surface area (TPSA) is 124 Å². The number of carbonyl (C=O) groups excluding carboxylic acids is 3. The van der Waals surface area contributed by atoms with Gasteiger partial charge in [-0.15, -0.1) is 0 Å². The van der Waals surface area contributed by atoms with Gasteiger partial charge in [0.1, 0.15) is 0 Å². The van der Waals surface area contributed by atoms with Crippen LogP contribution in [0.4, 0.5) is 5.69 Å². The highest BCUT2D eigenvalue weighted by atomic mass is 16.2. The van der Waals surface area contributed by atoms with Gasteiger partial charge in [0.25, 0.3) is 5.91 Å². The maximum absolute atomic E-state index is 12.0. The van der Waals surface area contributed by atoms with Gasteiger partial charge in [0.05, 0.1) is 17.2 Å². The Labute approximate surface area is 156 Å². The van der Waals surface area contributed by atoms with Crippen molar-refractivity contribution >= 4 is 23.4 Å². The molecular formula is C19H19N5O3. The molecule has 0 spiro atoms. The van der Waals surface area contributed by atoms with Crippen molar-refractivity contribution in [3.63, 3.8) is 0 Å². The minimum atomic E-state index is -0.470. The molecule has 0 saturated heterocycles. The molecule has 0 aliphatic heterocycles. The summed E-state index contributed by atoms with van der Waals surface area (Å²) in [5.74, 6) is -1.33. The minimum Gasteiger partial charge on any atom is -0.326 e. The number of anilines is 1. The summed E-state index contributed by atoms with van der Waals surface area (Å²) in [6.45, 7) is 1.76. The van der Waals surface area contributed by atoms with E-state index in [4.69, 9.17) is 5.26 Å². The molecular weight excluding hydrogens is 346 g/mol. The molecule has 2 rings (SSSR count). The van der Waals surface area contributed by atoms with Crippen LogP contribution in [0.1, 0.15) is 35.7 Å². The fraction of sp³-hybridized carbons (Fsp3) is 0.211. The summed E-state index contributed by atoms with van der Waals surface area (Å²) in [6, 6.07) is 11.7. The second-order valence-corrected chi connectivity index (χ2v) is 5.99. The van der Waals surface area contributed by atoms with Gasteiger partial charge in [-0.05, 0) is 42.3 Å². The molecule has 1 unspecified atom stereocenters. The lowest BCUT2D eigenvalue weighted by atomic mass is 10.0. The monoisotopic (exact) mass is 365 g/mol. The number of hydrazine groups is 1. The molecule has 0 fully saturated rings. The zero-order valence-electron chi connectivity index (χ0n) is 14.7. The lowest BCUT2D eigenvalue weighted by Gasteiger charge is -2.12. The molecule has 3 N–H and O–H groups in total. The molecule has 8 nitrogen and oxygen atoms in total. The maximum Gasteiger partial charge on any atom is 0.271 e. The number of hydrogen-bond acceptors (Lipinski definition) is 5. The van der Waals surface area contributed by atoms with E-state index in [0.29, 0.717) is 16.8 Å². The van der Waals surface area contributed by atoms with Gasteiger partial charge < -0.3 is 5.32 Å². The number of hydrogen-bond donors (Lipinski definition) is 3. The van der Waals surface area contributed by atoms with Gasteiger partial charge in [0.2, 0.25) is 11.8 Å². The zero-order valence-corrected chi connectivity index (χ0v) is 14.7. The van der Waals surface area contributed by atoms with Crippen LogP contribution in [-0.2, 0) is 9.59 Å². The van der Waals surface area contributed by atoms with Crippen LogP contribution in [-0.4, -0.2) is 22.7 Å². The van der Waals surface area contributed by atoms with Gasteiger partial charge in [-0.1, -0.05) is 6.92 Å². The van der Waals surface area contributed by atoms with Crippen molar-refractivity contribution in [2.75, 3.05) is 5.32 Å². The van der Waals surface area contributed by atoms with Gasteiger partial charge in [-0.25, -0.2) is 0 Å². The van der Waals surface area contributed by atoms with Crippen LogP contribution in [0, 0.1) is 17.2 Å². The summed E-state index contributed by atoms with van der Waals surface area (Å²) >= 11 is 0. The van der Waals surface area contributed by atoms with E-state index in [2.05, 4.69) is 21.2 Å². The molecule has 27 heavy (non-hydrogen) atoms. The van der Waals surface area contributed by atoms with Crippen LogP contribution in [0.5, 0.6) is 0 Å². The molecule has 0 saturated carbocycles. The highest BCUT2D eigenvalue weighted by Crippen LogP contribution is 2.12. The summed E-state index contributed by atoms with van der Waals surface area (Å²) in [4.78, 5) is 39.6. The van der Waals surface area contributed by atoms with Crippen LogP contribution in [0.25, 0.3) is 0 Å². The van der Waals surface area contributed by atoms with Gasteiger partial charge >= 0.3 is 0 Å². The average molecular weight is 365 g/mol. The molecule has 0 aliphatic rings. The standard InChI is InChI=1S/C19H19N5O3/c1-13(9-17(25)22-16-6-4-14(11-20)5-7-16)10-18(26)23-24-19(27)15-3-2-8-21-12-15/h2-8,12-13H,9-10H2,1H3,(H,22,25)(H,23,26)(H,24,27). The zero-order chi connectivity index (χ0) is 19.6. The number of nitrogens with zero attached hydrogens (tertiary/aromatic N) is 2. The number of pyridine rings is 1. The number of nitrogens with one attached hydrogen (secondary N) is 3. The van der Waals surface area contributed by atoms with E-state index in [0.717, 1.165) is 0 Å². The molecule has 138 valence electrons. The van der Waals surface area contributed by atoms with Crippen molar-refractivity contribution in [1.29, 1.82) is 5.26 Å². The second kappa shape index (κ2) is 9.68. The normalized spacial score (nSPS) is 11.0. The number of aromatic nitrogens is 1. The molecule has 0 radical (unpaired) electrons. The van der Waals surface area contributed by atoms with Crippen molar-refractivity contribution in [2.45, 2.75) is 19.8 Å². The van der Waals surface area contributed by atoms with Crippen LogP contribution in [0.15, 0.2) is 48.8 Å². The van der Waals surface area contributed by atoms with E-state index in [-0.39, 0.29) is 24.7 Å². The largest absolute Gasteiger partial charge is 0.326 e. The first-order valence-electron chi connectivity index (χ1n) is 8.27. The van der Waals surface area contributed by atoms with Crippen LogP contribution in [0.3, 0.4) is 0 Å². The summed E-state index contributed by atoms with van der Waals surface area (Å²) in [7, 11) is 0. The Balaban J connectivity index is 1.73. The lowest BCUT2D eigenvalue weighted by Crippen LogP contribution is -2.42. The molecule has 2 aromatic rings. The van der Waals surface area contributed by atoms with E-state index in [1.807, 2.05) is 6.07 Å². The maximum atomic E-state index is 12.0. The molecule has 1 atom stereocenters. The Morgan fingerprint density at radius 1 is 1.07 bits per heavy atom. The quantitative estimate of drug-likeness (QED) is 0.673. The first-order valence-corrected chi connectivity index (χ1v) is 8.27. The number of benzene rings is 1. The molecule has 0 aliphatic carbocycles. The number of nitriles is 1. The van der Waals surface area contributed by atoms with Crippen molar-refractivity contribution in [2.24, 2.45) is 5.92 Å². The third-order valence-electron chi connectivity index (χ3n) is 3.60. The lowest BCUT2D eigenvalue weighted by molar-refractivity contribution is -0.123. The van der Waals surface area contributed by atoms with E-state index >= 15 is 0 Å². The SMILES string of the molecule is CC(CC(=O)NNC(=O)c1cccnc1)CC(=O)Nc1ccc(C#N)cc1. The van der Waals surface area contributed by atoms with Crippen LogP contribution >= 0.6 is 0 Å². The van der Waals surface area contributed by atoms with Crippen LogP contribution in [0.2, 0.25) is 0 Å². The molecule has 0 bridgehead atoms. The van der Waals surface area contributed by atoms with Crippen molar-refractivity contribution < 1.29 is 14.4 Å². The molecule has 1 heterocycles. The average Bonchev–Trinajstić information content (AvgIpc) is 2.67. The highest BCUT2D eigenvalue weighted by molar-refractivity contribution is 5.95. The van der Waals surface area contributed by atoms with Crippen molar-refractivity contribution in [1.82, 2.24) is 15.8 Å². The smallest absolute Gasteiger partial charge is 0.271 e. The number of rotatable bonds is 6. The van der Waals surface area contributed by atoms with Gasteiger partial charge in [0, 0.05) is 30.9 Å². The first-order chi connectivity index (χ1) is 13.0. The van der Waals surface area contributed by atoms with Gasteiger partial charge in [-0.3, -0.25) is 30.2 Å². The van der Waals surface area contributed by atoms with Crippen molar-refractivity contribution in [3.05, 3.63) is 59.9 Å². The fourth-order valence-electron chi connectivity index (χ4n) is 2.29. The Hall–Kier alpha value is -3.73. The highest BCUT2D eigenvalue weighted by Gasteiger charge is 2.14. The fourth-order valence-corrected chi connectivity index (χ4v) is 2.29. The van der Waals surface area contributed by atoms with Gasteiger partial charge in [-0.2, -0.15) is 5.26 Å². The predicted octanol–water partition coefficient (Wildman–Crippen LogP) is 1.77. The Bertz CT molecular complexity index is 844. The molecule has 1 aromatic heterocycles.